The largest absolute Gasteiger partial charge is 0.326 e. The molecule has 2 aromatic carbocycles. The molecular formula is C23H28N2O2. The van der Waals surface area contributed by atoms with Gasteiger partial charge in [-0.3, -0.25) is 9.59 Å². The lowest BCUT2D eigenvalue weighted by molar-refractivity contribution is -0.122. The van der Waals surface area contributed by atoms with Crippen LogP contribution in [0.4, 0.5) is 11.4 Å². The Morgan fingerprint density at radius 1 is 1.15 bits per heavy atom. The van der Waals surface area contributed by atoms with E-state index in [0.717, 1.165) is 23.4 Å². The van der Waals surface area contributed by atoms with Crippen LogP contribution in [0.5, 0.6) is 0 Å². The molecule has 1 saturated heterocycles. The molecule has 0 spiro atoms. The third-order valence-corrected chi connectivity index (χ3v) is 5.18. The van der Waals surface area contributed by atoms with E-state index >= 15 is 0 Å². The number of rotatable bonds is 6. The molecule has 1 atom stereocenters. The highest BCUT2D eigenvalue weighted by Crippen LogP contribution is 2.29. The summed E-state index contributed by atoms with van der Waals surface area (Å²) in [5.41, 5.74) is 5.21. The minimum absolute atomic E-state index is 0.0111. The fourth-order valence-corrected chi connectivity index (χ4v) is 3.60. The first-order chi connectivity index (χ1) is 13.0. The summed E-state index contributed by atoms with van der Waals surface area (Å²) in [7, 11) is 0. The zero-order valence-electron chi connectivity index (χ0n) is 16.4. The van der Waals surface area contributed by atoms with Crippen molar-refractivity contribution in [1.29, 1.82) is 0 Å². The van der Waals surface area contributed by atoms with Crippen LogP contribution >= 0.6 is 0 Å². The normalized spacial score (nSPS) is 16.6. The average molecular weight is 364 g/mol. The molecule has 27 heavy (non-hydrogen) atoms. The second-order valence-corrected chi connectivity index (χ2v) is 7.49. The number of unbranched alkanes of at least 4 members (excludes halogenated alkanes) is 1. The molecule has 1 aliphatic heterocycles. The lowest BCUT2D eigenvalue weighted by atomic mass is 10.1. The van der Waals surface area contributed by atoms with Gasteiger partial charge in [-0.25, -0.2) is 0 Å². The predicted molar refractivity (Wildman–Crippen MR) is 110 cm³/mol. The first kappa shape index (κ1) is 19.2. The highest BCUT2D eigenvalue weighted by molar-refractivity contribution is 6.03. The lowest BCUT2D eigenvalue weighted by Crippen LogP contribution is -2.28. The van der Waals surface area contributed by atoms with Gasteiger partial charge in [0, 0.05) is 24.3 Å². The fraction of sp³-hybridized carbons (Fsp3) is 0.391. The number of benzene rings is 2. The number of hydrogen-bond donors (Lipinski definition) is 1. The first-order valence-corrected chi connectivity index (χ1v) is 9.75. The highest BCUT2D eigenvalue weighted by atomic mass is 16.2. The van der Waals surface area contributed by atoms with Crippen LogP contribution in [0.3, 0.4) is 0 Å². The molecule has 1 unspecified atom stereocenters. The van der Waals surface area contributed by atoms with Crippen molar-refractivity contribution in [3.63, 3.8) is 0 Å². The van der Waals surface area contributed by atoms with Crippen molar-refractivity contribution in [3.8, 4) is 0 Å². The summed E-state index contributed by atoms with van der Waals surface area (Å²) in [6.07, 6.45) is 3.66. The summed E-state index contributed by atoms with van der Waals surface area (Å²) < 4.78 is 0. The van der Waals surface area contributed by atoms with Crippen LogP contribution in [0.25, 0.3) is 0 Å². The molecule has 3 rings (SSSR count). The van der Waals surface area contributed by atoms with Gasteiger partial charge in [0.1, 0.15) is 0 Å². The van der Waals surface area contributed by atoms with Crippen molar-refractivity contribution in [3.05, 3.63) is 59.2 Å². The number of amides is 2. The predicted octanol–water partition coefficient (Wildman–Crippen LogP) is 4.64. The van der Waals surface area contributed by atoms with Crippen LogP contribution in [0.1, 0.15) is 42.9 Å². The van der Waals surface area contributed by atoms with Crippen LogP contribution < -0.4 is 10.2 Å². The molecule has 142 valence electrons. The van der Waals surface area contributed by atoms with Crippen LogP contribution in [0.2, 0.25) is 0 Å². The summed E-state index contributed by atoms with van der Waals surface area (Å²) >= 11 is 0. The van der Waals surface area contributed by atoms with Gasteiger partial charge in [-0.2, -0.15) is 0 Å². The van der Waals surface area contributed by atoms with E-state index in [0.29, 0.717) is 6.54 Å². The highest BCUT2D eigenvalue weighted by Gasteiger charge is 2.35. The molecule has 0 saturated carbocycles. The van der Waals surface area contributed by atoms with Crippen molar-refractivity contribution in [2.75, 3.05) is 16.8 Å². The Balaban J connectivity index is 1.63. The molecule has 1 aliphatic rings. The Morgan fingerprint density at radius 3 is 2.56 bits per heavy atom. The van der Waals surface area contributed by atoms with Gasteiger partial charge in [0.2, 0.25) is 11.8 Å². The Hall–Kier alpha value is -2.62. The zero-order valence-corrected chi connectivity index (χ0v) is 16.4. The number of aryl methyl sites for hydroxylation is 3. The van der Waals surface area contributed by atoms with Crippen molar-refractivity contribution in [2.45, 2.75) is 46.5 Å². The number of nitrogens with zero attached hydrogens (tertiary/aromatic N) is 1. The van der Waals surface area contributed by atoms with E-state index in [9.17, 15) is 9.59 Å². The first-order valence-electron chi connectivity index (χ1n) is 9.75. The van der Waals surface area contributed by atoms with Gasteiger partial charge in [0.15, 0.2) is 0 Å². The Labute approximate surface area is 161 Å². The van der Waals surface area contributed by atoms with Crippen LogP contribution in [-0.4, -0.2) is 18.4 Å². The van der Waals surface area contributed by atoms with Gasteiger partial charge in [0.25, 0.3) is 0 Å². The van der Waals surface area contributed by atoms with Crippen LogP contribution in [-0.2, 0) is 16.0 Å². The standard InChI is InChI=1S/C23H28N2O2/c1-4-5-6-18-8-10-20(11-9-18)24-23(27)19-14-22(26)25(15-19)21-12-7-16(2)13-17(21)3/h7-13,19H,4-6,14-15H2,1-3H3,(H,24,27). The third kappa shape index (κ3) is 4.57. The third-order valence-electron chi connectivity index (χ3n) is 5.18. The van der Waals surface area contributed by atoms with E-state index in [-0.39, 0.29) is 24.2 Å². The van der Waals surface area contributed by atoms with Gasteiger partial charge in [-0.15, -0.1) is 0 Å². The van der Waals surface area contributed by atoms with E-state index in [2.05, 4.69) is 30.4 Å². The van der Waals surface area contributed by atoms with E-state index in [1.807, 2.05) is 38.1 Å². The topological polar surface area (TPSA) is 49.4 Å². The SMILES string of the molecule is CCCCc1ccc(NC(=O)C2CC(=O)N(c3ccc(C)cc3C)C2)cc1. The molecule has 4 heteroatoms. The number of nitrogens with one attached hydrogen (secondary N) is 1. The molecule has 4 nitrogen and oxygen atoms in total. The van der Waals surface area contributed by atoms with E-state index in [1.54, 1.807) is 4.90 Å². The maximum atomic E-state index is 12.6. The zero-order chi connectivity index (χ0) is 19.4. The summed E-state index contributed by atoms with van der Waals surface area (Å²) in [4.78, 5) is 26.9. The van der Waals surface area contributed by atoms with Crippen molar-refractivity contribution in [1.82, 2.24) is 0 Å². The molecule has 0 bridgehead atoms. The number of anilines is 2. The maximum absolute atomic E-state index is 12.6. The average Bonchev–Trinajstić information content (AvgIpc) is 3.03. The summed E-state index contributed by atoms with van der Waals surface area (Å²) in [6.45, 7) is 6.65. The van der Waals surface area contributed by atoms with Crippen LogP contribution in [0, 0.1) is 19.8 Å². The fourth-order valence-electron chi connectivity index (χ4n) is 3.60. The minimum Gasteiger partial charge on any atom is -0.326 e. The number of carbonyl (C=O) groups is 2. The molecular weight excluding hydrogens is 336 g/mol. The molecule has 1 fully saturated rings. The molecule has 0 aliphatic carbocycles. The molecule has 0 aromatic heterocycles. The molecule has 1 N–H and O–H groups in total. The molecule has 2 aromatic rings. The lowest BCUT2D eigenvalue weighted by Gasteiger charge is -2.19. The van der Waals surface area contributed by atoms with E-state index in [4.69, 9.17) is 0 Å². The van der Waals surface area contributed by atoms with Crippen LogP contribution in [0.15, 0.2) is 42.5 Å². The quantitative estimate of drug-likeness (QED) is 0.812. The van der Waals surface area contributed by atoms with Gasteiger partial charge in [0.05, 0.1) is 5.92 Å². The van der Waals surface area contributed by atoms with Gasteiger partial charge >= 0.3 is 0 Å². The molecule has 1 heterocycles. The maximum Gasteiger partial charge on any atom is 0.229 e. The second kappa shape index (κ2) is 8.38. The molecule has 0 radical (unpaired) electrons. The smallest absolute Gasteiger partial charge is 0.229 e. The Morgan fingerprint density at radius 2 is 1.89 bits per heavy atom. The monoisotopic (exact) mass is 364 g/mol. The van der Waals surface area contributed by atoms with E-state index in [1.165, 1.54) is 24.0 Å². The summed E-state index contributed by atoms with van der Waals surface area (Å²) in [5, 5.41) is 2.97. The summed E-state index contributed by atoms with van der Waals surface area (Å²) in [6, 6.07) is 14.1. The Kier molecular flexibility index (Phi) is 5.94. The van der Waals surface area contributed by atoms with E-state index < -0.39 is 0 Å². The number of hydrogen-bond acceptors (Lipinski definition) is 2. The van der Waals surface area contributed by atoms with Gasteiger partial charge in [-0.1, -0.05) is 43.2 Å². The molecule has 2 amide bonds. The minimum atomic E-state index is -0.321. The van der Waals surface area contributed by atoms with Crippen molar-refractivity contribution < 1.29 is 9.59 Å². The second-order valence-electron chi connectivity index (χ2n) is 7.49. The van der Waals surface area contributed by atoms with Crippen molar-refractivity contribution >= 4 is 23.2 Å². The Bertz CT molecular complexity index is 827. The summed E-state index contributed by atoms with van der Waals surface area (Å²) in [5.74, 6) is -0.396. The van der Waals surface area contributed by atoms with Gasteiger partial charge < -0.3 is 10.2 Å². The number of carbonyl (C=O) groups excluding carboxylic acids is 2. The van der Waals surface area contributed by atoms with Gasteiger partial charge in [-0.05, 0) is 56.0 Å². The van der Waals surface area contributed by atoms with Crippen molar-refractivity contribution in [2.24, 2.45) is 5.92 Å².